The lowest BCUT2D eigenvalue weighted by molar-refractivity contribution is 0.0817. The third-order valence-electron chi connectivity index (χ3n) is 3.17. The van der Waals surface area contributed by atoms with E-state index in [4.69, 9.17) is 21.1 Å². The molecule has 0 N–H and O–H groups in total. The topological polar surface area (TPSA) is 62.5 Å². The molecule has 0 unspecified atom stereocenters. The average Bonchev–Trinajstić information content (AvgIpc) is 2.44. The van der Waals surface area contributed by atoms with E-state index in [2.05, 4.69) is 19.6 Å². The number of rotatable bonds is 9. The van der Waals surface area contributed by atoms with Crippen molar-refractivity contribution in [1.29, 1.82) is 0 Å². The number of methoxy groups -OCH3 is 1. The molecule has 6 nitrogen and oxygen atoms in total. The monoisotopic (exact) mass is 348 g/mol. The van der Waals surface area contributed by atoms with Crippen LogP contribution in [0.1, 0.15) is 6.42 Å². The van der Waals surface area contributed by atoms with Gasteiger partial charge in [-0.25, -0.2) is 4.79 Å². The summed E-state index contributed by atoms with van der Waals surface area (Å²) in [5.74, 6) is 0.512. The van der Waals surface area contributed by atoms with E-state index in [1.165, 1.54) is 17.9 Å². The Morgan fingerprint density at radius 2 is 1.95 bits per heavy atom. The van der Waals surface area contributed by atoms with Gasteiger partial charge in [0, 0.05) is 27.1 Å². The minimum Gasteiger partial charge on any atom is -0.490 e. The first-order chi connectivity index (χ1) is 10.3. The Morgan fingerprint density at radius 1 is 1.27 bits per heavy atom. The maximum atomic E-state index is 12.3. The Morgan fingerprint density at radius 3 is 2.50 bits per heavy atom. The van der Waals surface area contributed by atoms with Crippen molar-refractivity contribution in [3.05, 3.63) is 27.0 Å². The second kappa shape index (κ2) is 8.55. The molecule has 0 atom stereocenters. The van der Waals surface area contributed by atoms with Crippen molar-refractivity contribution in [1.82, 2.24) is 9.13 Å². The standard InChI is InChI=1S/C14H25ClN2O4Si/c1-20-12-10-16(11-21-8-9-22(2,3)4)14(19)17(13(12)18)7-5-6-15/h10H,5-9,11H2,1-4H3. The largest absolute Gasteiger partial charge is 0.490 e. The maximum absolute atomic E-state index is 12.3. The second-order valence-electron chi connectivity index (χ2n) is 6.30. The molecule has 0 radical (unpaired) electrons. The van der Waals surface area contributed by atoms with Crippen LogP contribution in [0.4, 0.5) is 0 Å². The normalized spacial score (nSPS) is 11.7. The van der Waals surface area contributed by atoms with Gasteiger partial charge in [-0.2, -0.15) is 0 Å². The molecule has 0 bridgehead atoms. The summed E-state index contributed by atoms with van der Waals surface area (Å²) in [6.45, 7) is 7.77. The van der Waals surface area contributed by atoms with Crippen molar-refractivity contribution in [2.45, 2.75) is 45.4 Å². The van der Waals surface area contributed by atoms with Gasteiger partial charge in [0.15, 0.2) is 0 Å². The number of nitrogens with zero attached hydrogens (tertiary/aromatic N) is 2. The molecule has 0 aromatic carbocycles. The number of alkyl halides is 1. The van der Waals surface area contributed by atoms with Crippen LogP contribution in [0.3, 0.4) is 0 Å². The lowest BCUT2D eigenvalue weighted by Gasteiger charge is -2.16. The molecule has 1 heterocycles. The Balaban J connectivity index is 2.90. The van der Waals surface area contributed by atoms with Crippen LogP contribution in [-0.2, 0) is 18.0 Å². The lowest BCUT2D eigenvalue weighted by Crippen LogP contribution is -2.40. The van der Waals surface area contributed by atoms with Crippen LogP contribution in [0.5, 0.6) is 5.75 Å². The Hall–Kier alpha value is -1.05. The molecule has 0 saturated heterocycles. The van der Waals surface area contributed by atoms with Gasteiger partial charge >= 0.3 is 5.69 Å². The second-order valence-corrected chi connectivity index (χ2v) is 12.3. The zero-order valence-electron chi connectivity index (χ0n) is 13.7. The molecule has 126 valence electrons. The maximum Gasteiger partial charge on any atom is 0.333 e. The van der Waals surface area contributed by atoms with Gasteiger partial charge in [0.25, 0.3) is 5.56 Å². The van der Waals surface area contributed by atoms with Crippen molar-refractivity contribution in [3.63, 3.8) is 0 Å². The molecule has 0 aliphatic rings. The zero-order valence-corrected chi connectivity index (χ0v) is 15.5. The Bertz CT molecular complexity index is 592. The summed E-state index contributed by atoms with van der Waals surface area (Å²) in [6.07, 6.45) is 1.94. The minimum absolute atomic E-state index is 0.112. The van der Waals surface area contributed by atoms with E-state index in [-0.39, 0.29) is 19.0 Å². The van der Waals surface area contributed by atoms with Crippen molar-refractivity contribution in [2.75, 3.05) is 19.6 Å². The molecule has 0 amide bonds. The van der Waals surface area contributed by atoms with Gasteiger partial charge in [-0.05, 0) is 12.5 Å². The lowest BCUT2D eigenvalue weighted by atomic mass is 10.4. The first kappa shape index (κ1) is 19.0. The number of halogens is 1. The SMILES string of the molecule is COc1cn(COCC[Si](C)(C)C)c(=O)n(CCCCl)c1=O. The van der Waals surface area contributed by atoms with E-state index < -0.39 is 19.3 Å². The van der Waals surface area contributed by atoms with Gasteiger partial charge in [-0.15, -0.1) is 11.6 Å². The van der Waals surface area contributed by atoms with Gasteiger partial charge < -0.3 is 9.47 Å². The van der Waals surface area contributed by atoms with Crippen LogP contribution in [0.25, 0.3) is 0 Å². The summed E-state index contributed by atoms with van der Waals surface area (Å²) in [7, 11) is 0.235. The molecular formula is C14H25ClN2O4Si. The fourth-order valence-corrected chi connectivity index (χ4v) is 2.69. The van der Waals surface area contributed by atoms with E-state index in [1.54, 1.807) is 0 Å². The van der Waals surface area contributed by atoms with Gasteiger partial charge in [0.1, 0.15) is 6.73 Å². The molecule has 0 aliphatic carbocycles. The van der Waals surface area contributed by atoms with Crippen LogP contribution in [-0.4, -0.2) is 36.8 Å². The first-order valence-corrected chi connectivity index (χ1v) is 11.6. The highest BCUT2D eigenvalue weighted by Crippen LogP contribution is 2.08. The molecule has 0 spiro atoms. The summed E-state index contributed by atoms with van der Waals surface area (Å²) in [6, 6.07) is 1.02. The van der Waals surface area contributed by atoms with Crippen molar-refractivity contribution in [3.8, 4) is 5.75 Å². The highest BCUT2D eigenvalue weighted by Gasteiger charge is 2.14. The molecule has 0 fully saturated rings. The molecule has 1 aromatic heterocycles. The van der Waals surface area contributed by atoms with Crippen molar-refractivity contribution >= 4 is 19.7 Å². The Labute approximate surface area is 136 Å². The van der Waals surface area contributed by atoms with Gasteiger partial charge in [0.05, 0.1) is 13.3 Å². The summed E-state index contributed by atoms with van der Waals surface area (Å²) < 4.78 is 13.1. The quantitative estimate of drug-likeness (QED) is 0.389. The highest BCUT2D eigenvalue weighted by molar-refractivity contribution is 6.76. The number of aromatic nitrogens is 2. The summed E-state index contributed by atoms with van der Waals surface area (Å²) >= 11 is 5.64. The first-order valence-electron chi connectivity index (χ1n) is 7.32. The predicted molar refractivity (Wildman–Crippen MR) is 91.0 cm³/mol. The van der Waals surface area contributed by atoms with E-state index in [0.717, 1.165) is 10.6 Å². The molecule has 1 aromatic rings. The fraction of sp³-hybridized carbons (Fsp3) is 0.714. The summed E-state index contributed by atoms with van der Waals surface area (Å²) in [5.41, 5.74) is -0.833. The summed E-state index contributed by atoms with van der Waals surface area (Å²) in [4.78, 5) is 24.4. The van der Waals surface area contributed by atoms with Crippen molar-refractivity contribution in [2.24, 2.45) is 0 Å². The fourth-order valence-electron chi connectivity index (χ4n) is 1.82. The smallest absolute Gasteiger partial charge is 0.333 e. The predicted octanol–water partition coefficient (Wildman–Crippen LogP) is 1.96. The molecule has 22 heavy (non-hydrogen) atoms. The van der Waals surface area contributed by atoms with Crippen LogP contribution >= 0.6 is 11.6 Å². The number of hydrogen-bond donors (Lipinski definition) is 0. The minimum atomic E-state index is -1.17. The third-order valence-corrected chi connectivity index (χ3v) is 5.14. The van der Waals surface area contributed by atoms with E-state index in [0.29, 0.717) is 18.9 Å². The molecule has 0 saturated carbocycles. The zero-order chi connectivity index (χ0) is 16.8. The Kier molecular flexibility index (Phi) is 7.38. The average molecular weight is 349 g/mol. The van der Waals surface area contributed by atoms with E-state index >= 15 is 0 Å². The third kappa shape index (κ3) is 5.62. The van der Waals surface area contributed by atoms with E-state index in [1.807, 2.05) is 0 Å². The molecule has 0 aliphatic heterocycles. The van der Waals surface area contributed by atoms with Crippen LogP contribution in [0.15, 0.2) is 15.8 Å². The van der Waals surface area contributed by atoms with Crippen LogP contribution < -0.4 is 16.0 Å². The number of hydrogen-bond acceptors (Lipinski definition) is 4. The van der Waals surface area contributed by atoms with Crippen LogP contribution in [0, 0.1) is 0 Å². The van der Waals surface area contributed by atoms with Gasteiger partial charge in [-0.1, -0.05) is 19.6 Å². The van der Waals surface area contributed by atoms with E-state index in [9.17, 15) is 9.59 Å². The molecule has 8 heteroatoms. The summed E-state index contributed by atoms with van der Waals surface area (Å²) in [5, 5.41) is 0. The molecule has 1 rings (SSSR count). The van der Waals surface area contributed by atoms with Gasteiger partial charge in [-0.3, -0.25) is 13.9 Å². The van der Waals surface area contributed by atoms with Crippen molar-refractivity contribution < 1.29 is 9.47 Å². The van der Waals surface area contributed by atoms with Gasteiger partial charge in [0.2, 0.25) is 5.75 Å². The highest BCUT2D eigenvalue weighted by atomic mass is 35.5. The van der Waals surface area contributed by atoms with Crippen LogP contribution in [0.2, 0.25) is 25.7 Å². The number of ether oxygens (including phenoxy) is 2. The molecular weight excluding hydrogens is 324 g/mol.